The molecule has 232 valence electrons. The Bertz CT molecular complexity index is 1060. The maximum atomic E-state index is 12.7. The van der Waals surface area contributed by atoms with Crippen LogP contribution >= 0.6 is 0 Å². The van der Waals surface area contributed by atoms with Gasteiger partial charge in [0.1, 0.15) is 6.61 Å². The lowest BCUT2D eigenvalue weighted by molar-refractivity contribution is -0.152. The minimum atomic E-state index is -0.442. The summed E-state index contributed by atoms with van der Waals surface area (Å²) in [5, 5.41) is 9.76. The molecule has 1 aliphatic carbocycles. The van der Waals surface area contributed by atoms with Crippen molar-refractivity contribution in [2.24, 2.45) is 5.92 Å². The molecular weight excluding hydrogens is 522 g/mol. The second-order valence-corrected chi connectivity index (χ2v) is 12.1. The fourth-order valence-electron chi connectivity index (χ4n) is 5.82. The lowest BCUT2D eigenvalue weighted by Gasteiger charge is -2.35. The largest absolute Gasteiger partial charge is 0.463 e. The van der Waals surface area contributed by atoms with Crippen LogP contribution in [0.4, 0.5) is 0 Å². The van der Waals surface area contributed by atoms with Crippen LogP contribution in [0.15, 0.2) is 60.7 Å². The third kappa shape index (κ3) is 9.66. The predicted octanol–water partition coefficient (Wildman–Crippen LogP) is 6.84. The molecule has 3 rings (SSSR count). The number of nitriles is 1. The first-order valence-electron chi connectivity index (χ1n) is 15.8. The van der Waals surface area contributed by atoms with Gasteiger partial charge in [0, 0.05) is 12.6 Å². The molecule has 6 nitrogen and oxygen atoms in total. The number of carbonyl (C=O) groups is 1. The van der Waals surface area contributed by atoms with E-state index in [0.29, 0.717) is 31.8 Å². The maximum Gasteiger partial charge on any atom is 0.316 e. The van der Waals surface area contributed by atoms with Gasteiger partial charge in [-0.3, -0.25) is 4.79 Å². The van der Waals surface area contributed by atoms with Crippen LogP contribution in [-0.2, 0) is 25.1 Å². The third-order valence-corrected chi connectivity index (χ3v) is 9.05. The first kappa shape index (κ1) is 35.5. The van der Waals surface area contributed by atoms with E-state index in [-0.39, 0.29) is 5.97 Å². The Morgan fingerprint density at radius 2 is 1.50 bits per heavy atom. The summed E-state index contributed by atoms with van der Waals surface area (Å²) in [4.78, 5) is 17.2. The zero-order valence-electron chi connectivity index (χ0n) is 27.3. The minimum Gasteiger partial charge on any atom is -0.463 e. The highest BCUT2D eigenvalue weighted by Gasteiger charge is 2.44. The molecule has 1 fully saturated rings. The molecule has 0 aromatic heterocycles. The molecule has 0 heterocycles. The molecule has 0 radical (unpaired) electrons. The first-order valence-corrected chi connectivity index (χ1v) is 15.8. The Balaban J connectivity index is 0.000000307. The van der Waals surface area contributed by atoms with Gasteiger partial charge < -0.3 is 19.3 Å². The normalized spacial score (nSPS) is 16.4. The molecule has 2 unspecified atom stereocenters. The molecule has 0 amide bonds. The van der Waals surface area contributed by atoms with Gasteiger partial charge in [0.05, 0.1) is 30.1 Å². The predicted molar refractivity (Wildman–Crippen MR) is 172 cm³/mol. The SMILES string of the molecule is CC(CC(C#N)(c1ccccc1)C(C)C)N(C)C.CCN(CC)CCOCCOC(=O)C1(c2ccccc2)CCCC1. The van der Waals surface area contributed by atoms with Crippen molar-refractivity contribution >= 4 is 5.97 Å². The number of likely N-dealkylation sites (N-methyl/N-ethyl adjacent to an activating group) is 1. The number of rotatable bonds is 15. The Morgan fingerprint density at radius 3 is 2.00 bits per heavy atom. The van der Waals surface area contributed by atoms with E-state index in [1.54, 1.807) is 0 Å². The molecule has 0 spiro atoms. The summed E-state index contributed by atoms with van der Waals surface area (Å²) >= 11 is 0. The molecule has 1 saturated carbocycles. The number of hydrogen-bond acceptors (Lipinski definition) is 6. The van der Waals surface area contributed by atoms with Crippen LogP contribution in [0.3, 0.4) is 0 Å². The van der Waals surface area contributed by atoms with Crippen molar-refractivity contribution in [1.82, 2.24) is 9.80 Å². The molecule has 2 aromatic carbocycles. The highest BCUT2D eigenvalue weighted by Crippen LogP contribution is 2.42. The second kappa shape index (κ2) is 18.1. The topological polar surface area (TPSA) is 65.8 Å². The highest BCUT2D eigenvalue weighted by molar-refractivity contribution is 5.83. The maximum absolute atomic E-state index is 12.7. The van der Waals surface area contributed by atoms with Crippen LogP contribution in [0.1, 0.15) is 77.8 Å². The van der Waals surface area contributed by atoms with E-state index in [2.05, 4.69) is 76.7 Å². The van der Waals surface area contributed by atoms with Crippen LogP contribution in [0, 0.1) is 17.2 Å². The summed E-state index contributed by atoms with van der Waals surface area (Å²) in [6.45, 7) is 15.2. The average molecular weight is 578 g/mol. The molecular formula is C36H55N3O3. The van der Waals surface area contributed by atoms with E-state index in [4.69, 9.17) is 9.47 Å². The van der Waals surface area contributed by atoms with Crippen molar-refractivity contribution in [3.8, 4) is 6.07 Å². The van der Waals surface area contributed by atoms with E-state index < -0.39 is 10.8 Å². The Hall–Kier alpha value is -2.72. The van der Waals surface area contributed by atoms with Crippen molar-refractivity contribution in [3.63, 3.8) is 0 Å². The third-order valence-electron chi connectivity index (χ3n) is 9.05. The highest BCUT2D eigenvalue weighted by atomic mass is 16.6. The Kier molecular flexibility index (Phi) is 15.3. The lowest BCUT2D eigenvalue weighted by atomic mass is 9.69. The number of carbonyl (C=O) groups excluding carboxylic acids is 1. The van der Waals surface area contributed by atoms with Gasteiger partial charge in [-0.25, -0.2) is 0 Å². The standard InChI is InChI=1S/C20H31NO3.C16H24N2/c1-3-21(4-2)14-15-23-16-17-24-19(22)20(12-8-9-13-20)18-10-6-5-7-11-18;1-13(2)16(12-17,11-14(3)18(4)5)15-9-7-6-8-10-15/h5-7,10-11H,3-4,8-9,12-17H2,1-2H3;6-10,13-14H,11H2,1-5H3. The van der Waals surface area contributed by atoms with Crippen LogP contribution in [0.2, 0.25) is 0 Å². The molecule has 6 heteroatoms. The summed E-state index contributed by atoms with van der Waals surface area (Å²) in [6.07, 6.45) is 4.81. The summed E-state index contributed by atoms with van der Waals surface area (Å²) in [7, 11) is 4.14. The van der Waals surface area contributed by atoms with Crippen LogP contribution in [-0.4, -0.2) is 75.4 Å². The molecule has 0 N–H and O–H groups in total. The average Bonchev–Trinajstić information content (AvgIpc) is 3.52. The molecule has 2 atom stereocenters. The summed E-state index contributed by atoms with van der Waals surface area (Å²) in [5.74, 6) is 0.214. The fourth-order valence-corrected chi connectivity index (χ4v) is 5.82. The molecule has 0 saturated heterocycles. The van der Waals surface area contributed by atoms with Gasteiger partial charge in [-0.05, 0) is 70.4 Å². The summed E-state index contributed by atoms with van der Waals surface area (Å²) in [5.41, 5.74) is 1.39. The van der Waals surface area contributed by atoms with E-state index in [1.807, 2.05) is 48.5 Å². The molecule has 0 aliphatic heterocycles. The summed E-state index contributed by atoms with van der Waals surface area (Å²) < 4.78 is 11.2. The zero-order chi connectivity index (χ0) is 31.0. The van der Waals surface area contributed by atoms with E-state index in [9.17, 15) is 10.1 Å². The number of esters is 1. The van der Waals surface area contributed by atoms with E-state index in [1.165, 1.54) is 0 Å². The number of benzene rings is 2. The number of nitrogens with zero attached hydrogens (tertiary/aromatic N) is 3. The zero-order valence-corrected chi connectivity index (χ0v) is 27.3. The van der Waals surface area contributed by atoms with E-state index >= 15 is 0 Å². The molecule has 42 heavy (non-hydrogen) atoms. The van der Waals surface area contributed by atoms with Gasteiger partial charge >= 0.3 is 5.97 Å². The van der Waals surface area contributed by atoms with Crippen molar-refractivity contribution in [2.75, 3.05) is 53.6 Å². The van der Waals surface area contributed by atoms with Crippen molar-refractivity contribution in [2.45, 2.75) is 83.6 Å². The Labute approximate surface area is 256 Å². The second-order valence-electron chi connectivity index (χ2n) is 12.1. The quantitative estimate of drug-likeness (QED) is 0.171. The summed E-state index contributed by atoms with van der Waals surface area (Å²) in [6, 6.07) is 23.2. The van der Waals surface area contributed by atoms with Crippen LogP contribution in [0.25, 0.3) is 0 Å². The van der Waals surface area contributed by atoms with Gasteiger partial charge in [0.15, 0.2) is 0 Å². The molecule has 1 aliphatic rings. The van der Waals surface area contributed by atoms with Gasteiger partial charge in [0.25, 0.3) is 0 Å². The van der Waals surface area contributed by atoms with Gasteiger partial charge in [-0.15, -0.1) is 0 Å². The first-order chi connectivity index (χ1) is 20.2. The van der Waals surface area contributed by atoms with E-state index in [0.717, 1.165) is 62.9 Å². The molecule has 2 aromatic rings. The lowest BCUT2D eigenvalue weighted by Crippen LogP contribution is -2.38. The van der Waals surface area contributed by atoms with Gasteiger partial charge in [0.2, 0.25) is 0 Å². The van der Waals surface area contributed by atoms with Crippen molar-refractivity contribution in [1.29, 1.82) is 5.26 Å². The fraction of sp³-hybridized carbons (Fsp3) is 0.611. The number of hydrogen-bond donors (Lipinski definition) is 0. The minimum absolute atomic E-state index is 0.0847. The monoisotopic (exact) mass is 577 g/mol. The smallest absolute Gasteiger partial charge is 0.316 e. The van der Waals surface area contributed by atoms with Crippen molar-refractivity contribution in [3.05, 3.63) is 71.8 Å². The number of ether oxygens (including phenoxy) is 2. The van der Waals surface area contributed by atoms with Crippen LogP contribution in [0.5, 0.6) is 0 Å². The Morgan fingerprint density at radius 1 is 0.929 bits per heavy atom. The molecule has 0 bridgehead atoms. The van der Waals surface area contributed by atoms with Crippen LogP contribution < -0.4 is 0 Å². The van der Waals surface area contributed by atoms with Gasteiger partial charge in [-0.2, -0.15) is 5.26 Å². The van der Waals surface area contributed by atoms with Gasteiger partial charge in [-0.1, -0.05) is 101 Å². The van der Waals surface area contributed by atoms with Crippen molar-refractivity contribution < 1.29 is 14.3 Å².